The van der Waals surface area contributed by atoms with Crippen LogP contribution in [0.25, 0.3) is 11.1 Å². The van der Waals surface area contributed by atoms with Gasteiger partial charge in [0.15, 0.2) is 0 Å². The third kappa shape index (κ3) is 6.17. The van der Waals surface area contributed by atoms with E-state index in [1.54, 1.807) is 13.0 Å². The Hall–Kier alpha value is -4.05. The molecule has 1 amide bonds. The summed E-state index contributed by atoms with van der Waals surface area (Å²) >= 11 is 0. The average molecular weight is 536 g/mol. The number of hydrogen-bond acceptors (Lipinski definition) is 7. The zero-order valence-corrected chi connectivity index (χ0v) is 21.6. The van der Waals surface area contributed by atoms with Crippen LogP contribution < -0.4 is 20.5 Å². The fourth-order valence-electron chi connectivity index (χ4n) is 4.89. The molecule has 39 heavy (non-hydrogen) atoms. The smallest absolute Gasteiger partial charge is 0.282 e. The lowest BCUT2D eigenvalue weighted by molar-refractivity contribution is -0.160. The highest BCUT2D eigenvalue weighted by Gasteiger charge is 2.50. The maximum absolute atomic E-state index is 12.2. The minimum absolute atomic E-state index is 0.191. The fourth-order valence-corrected chi connectivity index (χ4v) is 4.89. The van der Waals surface area contributed by atoms with Gasteiger partial charge in [0, 0.05) is 18.5 Å². The zero-order chi connectivity index (χ0) is 27.5. The molecular weight excluding hydrogens is 504 g/mol. The first-order chi connectivity index (χ1) is 18.8. The van der Waals surface area contributed by atoms with Crippen molar-refractivity contribution in [2.45, 2.75) is 31.8 Å². The van der Waals surface area contributed by atoms with Crippen LogP contribution in [0.4, 0.5) is 14.6 Å². The lowest BCUT2D eigenvalue weighted by Crippen LogP contribution is -2.62. The Kier molecular flexibility index (Phi) is 7.47. The summed E-state index contributed by atoms with van der Waals surface area (Å²) in [6.45, 7) is 2.99. The van der Waals surface area contributed by atoms with Crippen molar-refractivity contribution in [3.63, 3.8) is 0 Å². The molecule has 3 fully saturated rings. The van der Waals surface area contributed by atoms with Crippen LogP contribution in [-0.4, -0.2) is 59.0 Å². The summed E-state index contributed by atoms with van der Waals surface area (Å²) in [6.07, 6.45) is 6.60. The maximum Gasteiger partial charge on any atom is 0.282 e. The van der Waals surface area contributed by atoms with Gasteiger partial charge in [-0.3, -0.25) is 4.79 Å². The van der Waals surface area contributed by atoms with Gasteiger partial charge < -0.3 is 25.4 Å². The van der Waals surface area contributed by atoms with Gasteiger partial charge in [-0.15, -0.1) is 0 Å². The molecule has 3 heterocycles. The van der Waals surface area contributed by atoms with Crippen LogP contribution in [-0.2, 0) is 4.79 Å². The van der Waals surface area contributed by atoms with E-state index >= 15 is 0 Å². The van der Waals surface area contributed by atoms with Crippen molar-refractivity contribution in [1.29, 1.82) is 0 Å². The average Bonchev–Trinajstić information content (AvgIpc) is 2.85. The highest BCUT2D eigenvalue weighted by atomic mass is 19.3. The Morgan fingerprint density at radius 3 is 2.31 bits per heavy atom. The van der Waals surface area contributed by atoms with E-state index in [1.165, 1.54) is 12.4 Å². The number of amides is 1. The molecule has 8 nitrogen and oxygen atoms in total. The van der Waals surface area contributed by atoms with Crippen molar-refractivity contribution in [2.24, 2.45) is 5.41 Å². The van der Waals surface area contributed by atoms with Gasteiger partial charge in [0.05, 0.1) is 18.7 Å². The number of anilines is 1. The molecule has 3 aliphatic rings. The van der Waals surface area contributed by atoms with Crippen molar-refractivity contribution in [3.8, 4) is 28.5 Å². The molecular formula is C29H31F2N5O3. The second-order valence-corrected chi connectivity index (χ2v) is 10.2. The number of carbonyl (C=O) groups is 1. The van der Waals surface area contributed by atoms with Crippen LogP contribution in [0, 0.1) is 5.41 Å². The molecule has 2 aromatic carbocycles. The highest BCUT2D eigenvalue weighted by Crippen LogP contribution is 2.46. The van der Waals surface area contributed by atoms with Crippen molar-refractivity contribution in [1.82, 2.24) is 20.2 Å². The highest BCUT2D eigenvalue weighted by molar-refractivity contribution is 5.88. The number of nitrogens with two attached hydrogens (primary N) is 1. The summed E-state index contributed by atoms with van der Waals surface area (Å²) in [4.78, 5) is 20.4. The van der Waals surface area contributed by atoms with Gasteiger partial charge in [-0.1, -0.05) is 36.4 Å². The van der Waals surface area contributed by atoms with Crippen molar-refractivity contribution in [2.75, 3.05) is 31.9 Å². The SMILES string of the molecule is CC=CC(=O)N1CC(F)(F)C1.Nc1ncnc(OC2CC3(CNC3)C2)c1-c1ccc(Oc2ccccc2)cc1. The predicted molar refractivity (Wildman–Crippen MR) is 144 cm³/mol. The van der Waals surface area contributed by atoms with Gasteiger partial charge in [0.25, 0.3) is 5.92 Å². The molecule has 0 atom stereocenters. The standard InChI is InChI=1S/C22H22N4O2.C7H9F2NO/c23-20-19(15-6-8-17(9-7-15)27-16-4-2-1-3-5-16)21(26-14-25-20)28-18-10-22(11-18)12-24-13-22;1-2-3-6(11)10-4-7(8,9)5-10/h1-9,14,18,24H,10-13H2,(H2,23,25,26);2-3H,4-5H2,1H3. The number of rotatable bonds is 6. The van der Waals surface area contributed by atoms with E-state index in [0.29, 0.717) is 17.1 Å². The van der Waals surface area contributed by atoms with E-state index < -0.39 is 19.0 Å². The van der Waals surface area contributed by atoms with E-state index in [9.17, 15) is 13.6 Å². The number of likely N-dealkylation sites (tertiary alicyclic amines) is 1. The number of nitrogens with zero attached hydrogens (tertiary/aromatic N) is 3. The summed E-state index contributed by atoms with van der Waals surface area (Å²) < 4.78 is 36.4. The minimum Gasteiger partial charge on any atom is -0.474 e. The number of hydrogen-bond donors (Lipinski definition) is 2. The van der Waals surface area contributed by atoms with Gasteiger partial charge in [-0.25, -0.2) is 18.7 Å². The zero-order valence-electron chi connectivity index (χ0n) is 21.6. The Morgan fingerprint density at radius 2 is 1.72 bits per heavy atom. The maximum atomic E-state index is 12.2. The lowest BCUT2D eigenvalue weighted by atomic mass is 9.63. The van der Waals surface area contributed by atoms with Gasteiger partial charge in [-0.05, 0) is 55.7 Å². The van der Waals surface area contributed by atoms with Gasteiger partial charge in [0.2, 0.25) is 11.8 Å². The third-order valence-corrected chi connectivity index (χ3v) is 7.03. The lowest BCUT2D eigenvalue weighted by Gasteiger charge is -2.53. The molecule has 1 saturated carbocycles. The molecule has 204 valence electrons. The molecule has 0 unspecified atom stereocenters. The number of carbonyl (C=O) groups excluding carboxylic acids is 1. The molecule has 3 aromatic rings. The summed E-state index contributed by atoms with van der Waals surface area (Å²) in [7, 11) is 0. The first-order valence-corrected chi connectivity index (χ1v) is 12.9. The molecule has 1 spiro atoms. The second-order valence-electron chi connectivity index (χ2n) is 10.2. The Bertz CT molecular complexity index is 1310. The van der Waals surface area contributed by atoms with E-state index in [1.807, 2.05) is 54.6 Å². The summed E-state index contributed by atoms with van der Waals surface area (Å²) in [5.41, 5.74) is 8.26. The number of aromatic nitrogens is 2. The minimum atomic E-state index is -2.66. The first kappa shape index (κ1) is 26.6. The molecule has 0 radical (unpaired) electrons. The number of allylic oxidation sites excluding steroid dienone is 1. The first-order valence-electron chi connectivity index (χ1n) is 12.9. The quantitative estimate of drug-likeness (QED) is 0.442. The number of ether oxygens (including phenoxy) is 2. The second kappa shape index (κ2) is 11.0. The van der Waals surface area contributed by atoms with E-state index in [-0.39, 0.29) is 12.0 Å². The molecule has 0 bridgehead atoms. The van der Waals surface area contributed by atoms with Crippen molar-refractivity contribution in [3.05, 3.63) is 73.1 Å². The summed E-state index contributed by atoms with van der Waals surface area (Å²) in [5, 5.41) is 3.34. The molecule has 10 heteroatoms. The van der Waals surface area contributed by atoms with Gasteiger partial charge >= 0.3 is 0 Å². The Labute approximate surface area is 225 Å². The third-order valence-electron chi connectivity index (χ3n) is 7.03. The van der Waals surface area contributed by atoms with Crippen LogP contribution >= 0.6 is 0 Å². The van der Waals surface area contributed by atoms with E-state index in [0.717, 1.165) is 53.5 Å². The summed E-state index contributed by atoms with van der Waals surface area (Å²) in [6, 6.07) is 17.4. The van der Waals surface area contributed by atoms with Gasteiger partial charge in [0.1, 0.15) is 29.7 Å². The fraction of sp³-hybridized carbons (Fsp3) is 0.345. The number of nitrogen functional groups attached to an aromatic ring is 1. The van der Waals surface area contributed by atoms with Gasteiger partial charge in [-0.2, -0.15) is 0 Å². The molecule has 2 saturated heterocycles. The molecule has 1 aromatic heterocycles. The normalized spacial score (nSPS) is 18.8. The van der Waals surface area contributed by atoms with Crippen LogP contribution in [0.5, 0.6) is 17.4 Å². The predicted octanol–water partition coefficient (Wildman–Crippen LogP) is 4.69. The van der Waals surface area contributed by atoms with Crippen LogP contribution in [0.3, 0.4) is 0 Å². The number of para-hydroxylation sites is 1. The van der Waals surface area contributed by atoms with E-state index in [4.69, 9.17) is 15.2 Å². The number of alkyl halides is 2. The number of nitrogens with one attached hydrogen (secondary N) is 1. The van der Waals surface area contributed by atoms with Crippen molar-refractivity contribution >= 4 is 11.7 Å². The molecule has 2 aliphatic heterocycles. The largest absolute Gasteiger partial charge is 0.474 e. The van der Waals surface area contributed by atoms with Crippen molar-refractivity contribution < 1.29 is 23.0 Å². The monoisotopic (exact) mass is 535 g/mol. The summed E-state index contributed by atoms with van der Waals surface area (Å²) in [5.74, 6) is -0.467. The van der Waals surface area contributed by atoms with Crippen LogP contribution in [0.2, 0.25) is 0 Å². The van der Waals surface area contributed by atoms with E-state index in [2.05, 4.69) is 15.3 Å². The molecule has 1 aliphatic carbocycles. The number of halogens is 2. The Balaban J connectivity index is 0.000000237. The van der Waals surface area contributed by atoms with Crippen LogP contribution in [0.15, 0.2) is 73.1 Å². The van der Waals surface area contributed by atoms with Crippen LogP contribution in [0.1, 0.15) is 19.8 Å². The topological polar surface area (TPSA) is 103 Å². The molecule has 6 rings (SSSR count). The molecule has 3 N–H and O–H groups in total. The Morgan fingerprint density at radius 1 is 1.05 bits per heavy atom. The number of benzene rings is 2.